The Morgan fingerprint density at radius 1 is 1.07 bits per heavy atom. The molecule has 2 aromatic carbocycles. The average molecular weight is 445 g/mol. The van der Waals surface area contributed by atoms with E-state index in [-0.39, 0.29) is 28.7 Å². The average Bonchev–Trinajstić information content (AvgIpc) is 2.71. The fourth-order valence-electron chi connectivity index (χ4n) is 2.65. The van der Waals surface area contributed by atoms with Crippen molar-refractivity contribution in [2.75, 3.05) is 12.4 Å². The van der Waals surface area contributed by atoms with Crippen LogP contribution in [0.4, 0.5) is 5.69 Å². The number of carbonyl (C=O) groups excluding carboxylic acids is 1. The molecule has 1 N–H and O–H groups in total. The number of nitrogens with zero attached hydrogens (tertiary/aromatic N) is 3. The zero-order valence-corrected chi connectivity index (χ0v) is 18.3. The molecule has 156 valence electrons. The molecule has 0 aliphatic rings. The molecule has 0 aliphatic carbocycles. The molecule has 7 nitrogen and oxygen atoms in total. The van der Waals surface area contributed by atoms with Gasteiger partial charge in [-0.15, -0.1) is 0 Å². The summed E-state index contributed by atoms with van der Waals surface area (Å²) in [6.07, 6.45) is 2.73. The Morgan fingerprint density at radius 3 is 2.33 bits per heavy atom. The van der Waals surface area contributed by atoms with Gasteiger partial charge in [-0.1, -0.05) is 35.4 Å². The number of amides is 1. The van der Waals surface area contributed by atoms with Gasteiger partial charge in [0.1, 0.15) is 5.82 Å². The van der Waals surface area contributed by atoms with Crippen LogP contribution >= 0.6 is 11.6 Å². The molecule has 9 heteroatoms. The number of carbonyl (C=O) groups is 1. The number of halogens is 1. The summed E-state index contributed by atoms with van der Waals surface area (Å²) >= 11 is 5.97. The van der Waals surface area contributed by atoms with E-state index in [0.717, 1.165) is 11.1 Å². The summed E-state index contributed by atoms with van der Waals surface area (Å²) in [7, 11) is -2.21. The maximum atomic E-state index is 12.7. The predicted octanol–water partition coefficient (Wildman–Crippen LogP) is 3.82. The Balaban J connectivity index is 1.70. The first kappa shape index (κ1) is 21.9. The van der Waals surface area contributed by atoms with E-state index in [1.807, 2.05) is 19.9 Å². The normalized spacial score (nSPS) is 11.5. The van der Waals surface area contributed by atoms with Crippen molar-refractivity contribution in [3.63, 3.8) is 0 Å². The van der Waals surface area contributed by atoms with E-state index in [9.17, 15) is 13.2 Å². The number of rotatable bonds is 6. The third kappa shape index (κ3) is 5.02. The molecule has 0 aliphatic heterocycles. The number of aryl methyl sites for hydroxylation is 2. The molecule has 0 saturated heterocycles. The summed E-state index contributed by atoms with van der Waals surface area (Å²) in [6, 6.07) is 11.8. The van der Waals surface area contributed by atoms with Crippen LogP contribution < -0.4 is 5.32 Å². The van der Waals surface area contributed by atoms with Crippen LogP contribution in [0.2, 0.25) is 5.02 Å². The first-order valence-corrected chi connectivity index (χ1v) is 10.9. The van der Waals surface area contributed by atoms with Crippen molar-refractivity contribution >= 4 is 33.2 Å². The number of hydrogen-bond donors (Lipinski definition) is 1. The van der Waals surface area contributed by atoms with E-state index in [2.05, 4.69) is 15.3 Å². The van der Waals surface area contributed by atoms with Crippen molar-refractivity contribution in [1.29, 1.82) is 0 Å². The van der Waals surface area contributed by atoms with Gasteiger partial charge in [0.15, 0.2) is 0 Å². The molecule has 0 fully saturated rings. The van der Waals surface area contributed by atoms with Gasteiger partial charge in [0, 0.05) is 30.2 Å². The zero-order chi connectivity index (χ0) is 21.9. The Kier molecular flexibility index (Phi) is 6.50. The van der Waals surface area contributed by atoms with Gasteiger partial charge in [-0.3, -0.25) is 4.79 Å². The van der Waals surface area contributed by atoms with Crippen molar-refractivity contribution in [1.82, 2.24) is 14.3 Å². The van der Waals surface area contributed by atoms with Crippen LogP contribution in [0.25, 0.3) is 0 Å². The fraction of sp³-hybridized carbons (Fsp3) is 0.190. The van der Waals surface area contributed by atoms with E-state index in [4.69, 9.17) is 11.6 Å². The first-order valence-electron chi connectivity index (χ1n) is 9.08. The van der Waals surface area contributed by atoms with Crippen molar-refractivity contribution in [3.8, 4) is 0 Å². The second-order valence-electron chi connectivity index (χ2n) is 6.88. The topological polar surface area (TPSA) is 92.3 Å². The quantitative estimate of drug-likeness (QED) is 0.623. The number of hydrogen-bond acceptors (Lipinski definition) is 5. The molecule has 0 bridgehead atoms. The van der Waals surface area contributed by atoms with Crippen molar-refractivity contribution in [2.45, 2.75) is 25.3 Å². The molecule has 1 heterocycles. The molecule has 1 aromatic heterocycles. The third-order valence-corrected chi connectivity index (χ3v) is 6.56. The summed E-state index contributed by atoms with van der Waals surface area (Å²) in [4.78, 5) is 20.9. The molecule has 3 aromatic rings. The lowest BCUT2D eigenvalue weighted by atomic mass is 10.2. The van der Waals surface area contributed by atoms with E-state index in [0.29, 0.717) is 10.7 Å². The Morgan fingerprint density at radius 2 is 1.70 bits per heavy atom. The molecular formula is C21H21ClN4O3S. The SMILES string of the molecule is Cc1ccc(S(=O)(=O)N(C)Cc2ncc(C(=O)Nc3cc(Cl)ccc3C)cn2)cc1. The van der Waals surface area contributed by atoms with Crippen LogP contribution in [0.15, 0.2) is 59.8 Å². The summed E-state index contributed by atoms with van der Waals surface area (Å²) < 4.78 is 26.5. The molecule has 1 amide bonds. The number of sulfonamides is 1. The minimum atomic E-state index is -3.67. The molecule has 0 spiro atoms. The van der Waals surface area contributed by atoms with Crippen LogP contribution in [0.3, 0.4) is 0 Å². The highest BCUT2D eigenvalue weighted by Gasteiger charge is 2.21. The second-order valence-corrected chi connectivity index (χ2v) is 9.36. The highest BCUT2D eigenvalue weighted by atomic mass is 35.5. The van der Waals surface area contributed by atoms with Crippen molar-refractivity contribution < 1.29 is 13.2 Å². The van der Waals surface area contributed by atoms with Gasteiger partial charge < -0.3 is 5.32 Å². The molecule has 30 heavy (non-hydrogen) atoms. The Labute approximate surface area is 180 Å². The summed E-state index contributed by atoms with van der Waals surface area (Å²) in [5, 5.41) is 3.28. The highest BCUT2D eigenvalue weighted by molar-refractivity contribution is 7.89. The molecule has 0 radical (unpaired) electrons. The lowest BCUT2D eigenvalue weighted by molar-refractivity contribution is 0.102. The fourth-order valence-corrected chi connectivity index (χ4v) is 3.95. The number of aromatic nitrogens is 2. The van der Waals surface area contributed by atoms with Gasteiger partial charge >= 0.3 is 0 Å². The Hall–Kier alpha value is -2.81. The maximum absolute atomic E-state index is 12.7. The van der Waals surface area contributed by atoms with Gasteiger partial charge in [0.05, 0.1) is 17.0 Å². The van der Waals surface area contributed by atoms with Crippen molar-refractivity contribution in [2.24, 2.45) is 0 Å². The smallest absolute Gasteiger partial charge is 0.258 e. The Bertz CT molecular complexity index is 1160. The minimum absolute atomic E-state index is 0.0223. The third-order valence-electron chi connectivity index (χ3n) is 4.51. The van der Waals surface area contributed by atoms with Gasteiger partial charge in [0.2, 0.25) is 10.0 Å². The van der Waals surface area contributed by atoms with Gasteiger partial charge in [-0.25, -0.2) is 18.4 Å². The number of anilines is 1. The lowest BCUT2D eigenvalue weighted by Gasteiger charge is -2.16. The van der Waals surface area contributed by atoms with E-state index in [1.54, 1.807) is 36.4 Å². The number of benzene rings is 2. The summed E-state index contributed by atoms with van der Waals surface area (Å²) in [5.41, 5.74) is 2.69. The lowest BCUT2D eigenvalue weighted by Crippen LogP contribution is -2.27. The van der Waals surface area contributed by atoms with Crippen LogP contribution in [0.5, 0.6) is 0 Å². The van der Waals surface area contributed by atoms with Crippen LogP contribution in [0.1, 0.15) is 27.3 Å². The van der Waals surface area contributed by atoms with E-state index in [1.165, 1.54) is 23.7 Å². The molecule has 0 unspecified atom stereocenters. The minimum Gasteiger partial charge on any atom is -0.322 e. The van der Waals surface area contributed by atoms with E-state index >= 15 is 0 Å². The standard InChI is InChI=1S/C21H21ClN4O3S/c1-14-4-8-18(9-5-14)30(28,29)26(3)13-20-23-11-16(12-24-20)21(27)25-19-10-17(22)7-6-15(19)2/h4-12H,13H2,1-3H3,(H,25,27). The van der Waals surface area contributed by atoms with Crippen LogP contribution in [-0.2, 0) is 16.6 Å². The maximum Gasteiger partial charge on any atom is 0.258 e. The van der Waals surface area contributed by atoms with Crippen LogP contribution in [-0.4, -0.2) is 35.6 Å². The summed E-state index contributed by atoms with van der Waals surface area (Å²) in [5.74, 6) is -0.101. The predicted molar refractivity (Wildman–Crippen MR) is 116 cm³/mol. The highest BCUT2D eigenvalue weighted by Crippen LogP contribution is 2.21. The molecular weight excluding hydrogens is 424 g/mol. The molecule has 0 saturated carbocycles. The summed E-state index contributed by atoms with van der Waals surface area (Å²) in [6.45, 7) is 3.72. The van der Waals surface area contributed by atoms with Gasteiger partial charge in [0.25, 0.3) is 5.91 Å². The number of nitrogens with one attached hydrogen (secondary N) is 1. The van der Waals surface area contributed by atoms with Gasteiger partial charge in [-0.05, 0) is 43.7 Å². The van der Waals surface area contributed by atoms with Crippen LogP contribution in [0, 0.1) is 13.8 Å². The first-order chi connectivity index (χ1) is 14.2. The largest absolute Gasteiger partial charge is 0.322 e. The van der Waals surface area contributed by atoms with E-state index < -0.39 is 10.0 Å². The second kappa shape index (κ2) is 8.91. The monoisotopic (exact) mass is 444 g/mol. The van der Waals surface area contributed by atoms with Gasteiger partial charge in [-0.2, -0.15) is 4.31 Å². The molecule has 0 atom stereocenters. The zero-order valence-electron chi connectivity index (χ0n) is 16.8. The molecule has 3 rings (SSSR count). The van der Waals surface area contributed by atoms with Crippen molar-refractivity contribution in [3.05, 3.63) is 82.4 Å².